The minimum Gasteiger partial charge on any atom is -0.378 e. The molecule has 1 aromatic rings. The fraction of sp³-hybridized carbons (Fsp3) is 0.560. The lowest BCUT2D eigenvalue weighted by molar-refractivity contribution is -0.137. The number of alkyl halides is 3. The highest BCUT2D eigenvalue weighted by atomic mass is 19.4. The molecule has 0 aliphatic heterocycles. The van der Waals surface area contributed by atoms with Crippen LogP contribution in [0.5, 0.6) is 0 Å². The molecule has 3 rings (SSSR count). The van der Waals surface area contributed by atoms with Crippen LogP contribution in [0.3, 0.4) is 0 Å². The number of nitriles is 1. The van der Waals surface area contributed by atoms with Crippen molar-refractivity contribution in [2.24, 2.45) is 11.8 Å². The highest BCUT2D eigenvalue weighted by Crippen LogP contribution is 2.38. The van der Waals surface area contributed by atoms with Gasteiger partial charge in [0, 0.05) is 6.61 Å². The third-order valence-corrected chi connectivity index (χ3v) is 6.58. The standard InChI is InChI=1S/C25H29F4NO/c26-23(16-30)3-1-2-18-6-14-24(15-7-18)31-17-19-4-8-20(9-5-19)21-10-12-22(13-11-21)25(27,28)29/h1-3,10-13,18-20,24H,4-9,14-15,17H2/b2-1+,23-3-/t18-,19-,20-,24-. The Labute approximate surface area is 181 Å². The molecule has 2 fully saturated rings. The van der Waals surface area contributed by atoms with Gasteiger partial charge in [-0.3, -0.25) is 0 Å². The molecule has 1 aromatic carbocycles. The van der Waals surface area contributed by atoms with E-state index in [9.17, 15) is 17.6 Å². The van der Waals surface area contributed by atoms with Gasteiger partial charge in [0.25, 0.3) is 0 Å². The van der Waals surface area contributed by atoms with Gasteiger partial charge in [0.1, 0.15) is 6.07 Å². The number of nitrogens with zero attached hydrogens (tertiary/aromatic N) is 1. The van der Waals surface area contributed by atoms with Crippen molar-refractivity contribution in [3.8, 4) is 6.07 Å². The number of rotatable bonds is 6. The third kappa shape index (κ3) is 7.21. The molecule has 6 heteroatoms. The molecule has 0 bridgehead atoms. The van der Waals surface area contributed by atoms with Crippen LogP contribution in [0.15, 0.2) is 48.3 Å². The summed E-state index contributed by atoms with van der Waals surface area (Å²) in [5.41, 5.74) is 0.414. The van der Waals surface area contributed by atoms with Gasteiger partial charge in [0.15, 0.2) is 5.83 Å². The summed E-state index contributed by atoms with van der Waals surface area (Å²) < 4.78 is 57.1. The average molecular weight is 436 g/mol. The zero-order valence-electron chi connectivity index (χ0n) is 17.6. The number of halogens is 4. The first-order valence-corrected chi connectivity index (χ1v) is 11.1. The van der Waals surface area contributed by atoms with Crippen LogP contribution < -0.4 is 0 Å². The topological polar surface area (TPSA) is 33.0 Å². The Balaban J connectivity index is 1.35. The molecular weight excluding hydrogens is 406 g/mol. The zero-order valence-corrected chi connectivity index (χ0v) is 17.6. The van der Waals surface area contributed by atoms with Crippen LogP contribution in [0.4, 0.5) is 17.6 Å². The van der Waals surface area contributed by atoms with Crippen molar-refractivity contribution in [3.63, 3.8) is 0 Å². The minimum atomic E-state index is -4.28. The average Bonchev–Trinajstić information content (AvgIpc) is 2.78. The van der Waals surface area contributed by atoms with Crippen LogP contribution in [0.1, 0.15) is 68.4 Å². The largest absolute Gasteiger partial charge is 0.416 e. The number of hydrogen-bond acceptors (Lipinski definition) is 2. The molecule has 0 N–H and O–H groups in total. The molecule has 168 valence electrons. The number of ether oxygens (including phenoxy) is 1. The van der Waals surface area contributed by atoms with Gasteiger partial charge in [-0.05, 0) is 92.9 Å². The van der Waals surface area contributed by atoms with Crippen molar-refractivity contribution in [2.45, 2.75) is 69.6 Å². The van der Waals surface area contributed by atoms with Gasteiger partial charge in [-0.1, -0.05) is 24.3 Å². The van der Waals surface area contributed by atoms with Crippen LogP contribution in [-0.2, 0) is 10.9 Å². The maximum Gasteiger partial charge on any atom is 0.416 e. The van der Waals surface area contributed by atoms with Crippen LogP contribution >= 0.6 is 0 Å². The summed E-state index contributed by atoms with van der Waals surface area (Å²) in [6, 6.07) is 7.09. The van der Waals surface area contributed by atoms with Gasteiger partial charge < -0.3 is 4.74 Å². The summed E-state index contributed by atoms with van der Waals surface area (Å²) in [6.07, 6.45) is 8.82. The maximum atomic E-state index is 12.8. The molecule has 0 aromatic heterocycles. The summed E-state index contributed by atoms with van der Waals surface area (Å²) in [7, 11) is 0. The van der Waals surface area contributed by atoms with E-state index in [4.69, 9.17) is 10.00 Å². The highest BCUT2D eigenvalue weighted by Gasteiger charge is 2.31. The molecule has 2 aliphatic carbocycles. The molecule has 0 saturated heterocycles. The quantitative estimate of drug-likeness (QED) is 0.263. The summed E-state index contributed by atoms with van der Waals surface area (Å²) in [6.45, 7) is 0.751. The lowest BCUT2D eigenvalue weighted by atomic mass is 9.79. The molecule has 2 aliphatic rings. The Kier molecular flexibility index (Phi) is 8.31. The molecule has 2 nitrogen and oxygen atoms in total. The molecule has 0 atom stereocenters. The van der Waals surface area contributed by atoms with E-state index in [0.717, 1.165) is 63.5 Å². The second-order valence-corrected chi connectivity index (χ2v) is 8.72. The van der Waals surface area contributed by atoms with Gasteiger partial charge in [0.2, 0.25) is 0 Å². The number of benzene rings is 1. The van der Waals surface area contributed by atoms with Crippen molar-refractivity contribution in [2.75, 3.05) is 6.61 Å². The van der Waals surface area contributed by atoms with E-state index in [2.05, 4.69) is 0 Å². The molecule has 0 amide bonds. The Morgan fingerprint density at radius 3 is 2.23 bits per heavy atom. The van der Waals surface area contributed by atoms with Gasteiger partial charge in [0.05, 0.1) is 11.7 Å². The molecular formula is C25H29F4NO. The normalized spacial score (nSPS) is 27.9. The van der Waals surface area contributed by atoms with Crippen LogP contribution in [0.2, 0.25) is 0 Å². The smallest absolute Gasteiger partial charge is 0.378 e. The predicted octanol–water partition coefficient (Wildman–Crippen LogP) is 7.49. The summed E-state index contributed by atoms with van der Waals surface area (Å²) in [5.74, 6) is 0.478. The Bertz CT molecular complexity index is 790. The monoisotopic (exact) mass is 435 g/mol. The second-order valence-electron chi connectivity index (χ2n) is 8.72. The summed E-state index contributed by atoms with van der Waals surface area (Å²) >= 11 is 0. The van der Waals surface area contributed by atoms with Crippen molar-refractivity contribution in [1.29, 1.82) is 5.26 Å². The van der Waals surface area contributed by atoms with Crippen molar-refractivity contribution < 1.29 is 22.3 Å². The predicted molar refractivity (Wildman–Crippen MR) is 112 cm³/mol. The van der Waals surface area contributed by atoms with E-state index >= 15 is 0 Å². The van der Waals surface area contributed by atoms with E-state index in [1.54, 1.807) is 18.2 Å². The summed E-state index contributed by atoms with van der Waals surface area (Å²) in [5, 5.41) is 8.40. The third-order valence-electron chi connectivity index (χ3n) is 6.58. The second kappa shape index (κ2) is 10.9. The molecule has 2 saturated carbocycles. The van der Waals surface area contributed by atoms with E-state index < -0.39 is 17.6 Å². The van der Waals surface area contributed by atoms with Gasteiger partial charge in [-0.25, -0.2) is 0 Å². The fourth-order valence-corrected chi connectivity index (χ4v) is 4.66. The first-order chi connectivity index (χ1) is 14.8. The van der Waals surface area contributed by atoms with Crippen molar-refractivity contribution >= 4 is 0 Å². The van der Waals surface area contributed by atoms with Gasteiger partial charge in [-0.15, -0.1) is 0 Å². The number of allylic oxidation sites excluding steroid dienone is 4. The van der Waals surface area contributed by atoms with Gasteiger partial charge in [-0.2, -0.15) is 22.8 Å². The van der Waals surface area contributed by atoms with Crippen LogP contribution in [-0.4, -0.2) is 12.7 Å². The molecule has 0 spiro atoms. The molecule has 0 unspecified atom stereocenters. The van der Waals surface area contributed by atoms with E-state index in [-0.39, 0.29) is 6.10 Å². The van der Waals surface area contributed by atoms with Crippen molar-refractivity contribution in [3.05, 3.63) is 59.4 Å². The fourth-order valence-electron chi connectivity index (χ4n) is 4.66. The minimum absolute atomic E-state index is 0.267. The maximum absolute atomic E-state index is 12.8. The van der Waals surface area contributed by atoms with E-state index in [1.807, 2.05) is 6.08 Å². The first kappa shape index (κ1) is 23.5. The lowest BCUT2D eigenvalue weighted by Crippen LogP contribution is -2.25. The van der Waals surface area contributed by atoms with Crippen molar-refractivity contribution in [1.82, 2.24) is 0 Å². The molecule has 0 heterocycles. The zero-order chi connectivity index (χ0) is 22.3. The highest BCUT2D eigenvalue weighted by molar-refractivity contribution is 5.27. The van der Waals surface area contributed by atoms with Crippen LogP contribution in [0, 0.1) is 23.2 Å². The summed E-state index contributed by atoms with van der Waals surface area (Å²) in [4.78, 5) is 0. The Morgan fingerprint density at radius 2 is 1.65 bits per heavy atom. The Morgan fingerprint density at radius 1 is 1.00 bits per heavy atom. The Hall–Kier alpha value is -2.13. The number of hydrogen-bond donors (Lipinski definition) is 0. The lowest BCUT2D eigenvalue weighted by Gasteiger charge is -2.32. The first-order valence-electron chi connectivity index (χ1n) is 11.1. The van der Waals surface area contributed by atoms with E-state index in [1.165, 1.54) is 24.3 Å². The van der Waals surface area contributed by atoms with E-state index in [0.29, 0.717) is 17.8 Å². The molecule has 31 heavy (non-hydrogen) atoms. The molecule has 0 radical (unpaired) electrons. The SMILES string of the molecule is N#C/C(F)=C/C=C/[C@H]1CC[C@H](OC[C@H]2CC[C@H](c3ccc(C(F)(F)F)cc3)CC2)CC1. The van der Waals surface area contributed by atoms with Gasteiger partial charge >= 0.3 is 6.18 Å². The van der Waals surface area contributed by atoms with Crippen LogP contribution in [0.25, 0.3) is 0 Å².